The second kappa shape index (κ2) is 16.2. The Balaban J connectivity index is 0.820. The Kier molecular flexibility index (Phi) is 10.4. The molecule has 10 rings (SSSR count). The number of hydrogen-bond acceptors (Lipinski definition) is 9. The van der Waals surface area contributed by atoms with Crippen molar-refractivity contribution >= 4 is 34.8 Å². The summed E-state index contributed by atoms with van der Waals surface area (Å²) in [6.07, 6.45) is 8.00. The molecule has 6 fully saturated rings. The lowest BCUT2D eigenvalue weighted by Gasteiger charge is -2.35. The molecule has 0 spiro atoms. The largest absolute Gasteiger partial charge is 0.465 e. The van der Waals surface area contributed by atoms with Crippen LogP contribution in [0, 0.1) is 35.5 Å². The van der Waals surface area contributed by atoms with Crippen LogP contribution < -0.4 is 10.6 Å². The molecule has 6 heterocycles. The molecule has 0 radical (unpaired) electrons. The molecule has 8 atom stereocenters. The Morgan fingerprint density at radius 1 is 0.754 bits per heavy atom. The standard InChI is InChI=1S/C45H50N8O8/c1-59-45(58)51-39(26-10-14-61-15-11-26)43(55)52-34-18-30(34)20-36(52)40-46-22-32(48-40)7-3-24-2-4-28-17-29(6-5-27(28)16-24)33-23-47-41(49-33)37-21-31-19-35(31)53(37)42(54)38(50-44(56)57)25-8-12-60-13-9-25/h2,4-6,16-17,22-23,25-26,30-31,34-39,50H,8-15,18-21H2,1H3,(H,46,48)(H,47,49)(H,51,58)(H,56,57)/t30-,31+,34+,35+,36-,37-,38?,39?/m0/s1. The maximum absolute atomic E-state index is 14.1. The van der Waals surface area contributed by atoms with Gasteiger partial charge in [0.05, 0.1) is 24.9 Å². The van der Waals surface area contributed by atoms with Crippen molar-refractivity contribution < 1.29 is 38.5 Å². The molecule has 16 heteroatoms. The van der Waals surface area contributed by atoms with Gasteiger partial charge in [-0.25, -0.2) is 19.6 Å². The van der Waals surface area contributed by atoms with Crippen LogP contribution in [0.5, 0.6) is 0 Å². The first-order valence-corrected chi connectivity index (χ1v) is 21.5. The Morgan fingerprint density at radius 2 is 1.33 bits per heavy atom. The third-order valence-electron chi connectivity index (χ3n) is 13.8. The van der Waals surface area contributed by atoms with Gasteiger partial charge in [0.25, 0.3) is 0 Å². The number of imidazole rings is 2. The van der Waals surface area contributed by atoms with Gasteiger partial charge in [-0.3, -0.25) is 9.59 Å². The molecule has 2 saturated carbocycles. The number of nitrogens with one attached hydrogen (secondary N) is 4. The van der Waals surface area contributed by atoms with Crippen LogP contribution in [0.4, 0.5) is 9.59 Å². The molecule has 5 N–H and O–H groups in total. The number of ether oxygens (including phenoxy) is 3. The lowest BCUT2D eigenvalue weighted by atomic mass is 9.90. The van der Waals surface area contributed by atoms with E-state index in [2.05, 4.69) is 38.5 Å². The Bertz CT molecular complexity index is 2410. The van der Waals surface area contributed by atoms with Gasteiger partial charge in [0.1, 0.15) is 29.4 Å². The molecular formula is C45H50N8O8. The third-order valence-corrected chi connectivity index (χ3v) is 13.8. The van der Waals surface area contributed by atoms with Gasteiger partial charge in [-0.15, -0.1) is 0 Å². The molecular weight excluding hydrogens is 781 g/mol. The Hall–Kier alpha value is -5.92. The third kappa shape index (κ3) is 7.81. The molecule has 4 saturated heterocycles. The normalized spacial score (nSPS) is 26.7. The number of hydrogen-bond donors (Lipinski definition) is 5. The van der Waals surface area contributed by atoms with E-state index in [0.29, 0.717) is 81.3 Å². The summed E-state index contributed by atoms with van der Waals surface area (Å²) in [5.41, 5.74) is 3.12. The Morgan fingerprint density at radius 3 is 1.95 bits per heavy atom. The maximum Gasteiger partial charge on any atom is 0.407 e. The van der Waals surface area contributed by atoms with Crippen molar-refractivity contribution in [3.8, 4) is 23.1 Å². The van der Waals surface area contributed by atoms with Crippen LogP contribution in [-0.4, -0.2) is 117 Å². The van der Waals surface area contributed by atoms with Crippen LogP contribution in [0.15, 0.2) is 48.8 Å². The summed E-state index contributed by atoms with van der Waals surface area (Å²) in [5.74, 6) is 8.26. The van der Waals surface area contributed by atoms with E-state index < -0.39 is 24.3 Å². The van der Waals surface area contributed by atoms with Crippen LogP contribution in [0.2, 0.25) is 0 Å². The van der Waals surface area contributed by atoms with E-state index in [9.17, 15) is 24.3 Å². The highest BCUT2D eigenvalue weighted by atomic mass is 16.5. The van der Waals surface area contributed by atoms with Gasteiger partial charge < -0.3 is 49.7 Å². The zero-order valence-electron chi connectivity index (χ0n) is 34.0. The number of aromatic amines is 2. The number of methoxy groups -OCH3 is 1. The van der Waals surface area contributed by atoms with E-state index in [-0.39, 0.29) is 47.8 Å². The van der Waals surface area contributed by atoms with Crippen molar-refractivity contribution in [1.82, 2.24) is 40.4 Å². The fourth-order valence-corrected chi connectivity index (χ4v) is 10.4. The molecule has 2 aliphatic carbocycles. The molecule has 61 heavy (non-hydrogen) atoms. The average molecular weight is 831 g/mol. The molecule has 0 bridgehead atoms. The molecule has 16 nitrogen and oxygen atoms in total. The number of carbonyl (C=O) groups is 4. The van der Waals surface area contributed by atoms with E-state index in [1.807, 2.05) is 46.3 Å². The first-order valence-electron chi connectivity index (χ1n) is 21.5. The van der Waals surface area contributed by atoms with E-state index in [1.54, 1.807) is 6.20 Å². The van der Waals surface area contributed by atoms with Crippen LogP contribution in [0.3, 0.4) is 0 Å². The van der Waals surface area contributed by atoms with Crippen molar-refractivity contribution in [1.29, 1.82) is 0 Å². The molecule has 2 aromatic carbocycles. The number of aromatic nitrogens is 4. The smallest absolute Gasteiger partial charge is 0.407 e. The molecule has 2 unspecified atom stereocenters. The number of fused-ring (bicyclic) bond motifs is 3. The lowest BCUT2D eigenvalue weighted by Crippen LogP contribution is -2.54. The number of rotatable bonds is 9. The highest BCUT2D eigenvalue weighted by molar-refractivity contribution is 5.89. The number of H-pyrrole nitrogens is 2. The SMILES string of the molecule is COC(=O)NC(C(=O)N1[C@@H]2C[C@H]2C[C@H]1c1nc(C#Cc2ccc3cc(-c4c[nH]c([C@@H]5C[C@H]6C[C@H]6N5C(=O)C(NC(=O)O)C5CCOCC5)n4)ccc3c2)c[nH]1)C1CCOCC1. The minimum Gasteiger partial charge on any atom is -0.465 e. The van der Waals surface area contributed by atoms with Crippen LogP contribution in [-0.2, 0) is 23.8 Å². The Labute approximate surface area is 352 Å². The van der Waals surface area contributed by atoms with Gasteiger partial charge >= 0.3 is 12.2 Å². The molecule has 4 aliphatic heterocycles. The number of benzene rings is 2. The van der Waals surface area contributed by atoms with Crippen molar-refractivity contribution in [3.05, 3.63) is 71.7 Å². The number of carbonyl (C=O) groups excluding carboxylic acids is 3. The summed E-state index contributed by atoms with van der Waals surface area (Å²) in [7, 11) is 1.31. The summed E-state index contributed by atoms with van der Waals surface area (Å²) in [4.78, 5) is 72.6. The zero-order chi connectivity index (χ0) is 41.8. The number of nitrogens with zero attached hydrogens (tertiary/aromatic N) is 4. The summed E-state index contributed by atoms with van der Waals surface area (Å²) >= 11 is 0. The molecule has 318 valence electrons. The first-order chi connectivity index (χ1) is 29.7. The van der Waals surface area contributed by atoms with E-state index in [4.69, 9.17) is 24.2 Å². The molecule has 4 aromatic rings. The minimum absolute atomic E-state index is 0.0339. The van der Waals surface area contributed by atoms with E-state index in [1.165, 1.54) is 7.11 Å². The van der Waals surface area contributed by atoms with Gasteiger partial charge in [0.15, 0.2) is 0 Å². The number of carboxylic acid groups (broad SMARTS) is 1. The average Bonchev–Trinajstić information content (AvgIpc) is 3.88. The predicted octanol–water partition coefficient (Wildman–Crippen LogP) is 4.89. The fourth-order valence-electron chi connectivity index (χ4n) is 10.4. The van der Waals surface area contributed by atoms with Crippen LogP contribution >= 0.6 is 0 Å². The zero-order valence-corrected chi connectivity index (χ0v) is 34.0. The predicted molar refractivity (Wildman–Crippen MR) is 220 cm³/mol. The number of likely N-dealkylation sites (tertiary alicyclic amines) is 2. The maximum atomic E-state index is 14.1. The van der Waals surface area contributed by atoms with Crippen LogP contribution in [0.25, 0.3) is 22.0 Å². The molecule has 2 aromatic heterocycles. The summed E-state index contributed by atoms with van der Waals surface area (Å²) in [6, 6.07) is 10.5. The van der Waals surface area contributed by atoms with Gasteiger partial charge in [-0.1, -0.05) is 24.1 Å². The minimum atomic E-state index is -1.19. The summed E-state index contributed by atoms with van der Waals surface area (Å²) < 4.78 is 15.9. The van der Waals surface area contributed by atoms with Gasteiger partial charge in [0, 0.05) is 62.0 Å². The first kappa shape index (κ1) is 39.2. The fraction of sp³-hybridized carbons (Fsp3) is 0.511. The van der Waals surface area contributed by atoms with Crippen molar-refractivity contribution in [2.75, 3.05) is 33.5 Å². The number of alkyl carbamates (subject to hydrolysis) is 1. The highest BCUT2D eigenvalue weighted by Crippen LogP contribution is 2.54. The molecule has 4 amide bonds. The topological polar surface area (TPSA) is 204 Å². The van der Waals surface area contributed by atoms with Gasteiger partial charge in [-0.2, -0.15) is 0 Å². The van der Waals surface area contributed by atoms with Crippen LogP contribution in [0.1, 0.15) is 86.4 Å². The lowest BCUT2D eigenvalue weighted by molar-refractivity contribution is -0.138. The monoisotopic (exact) mass is 830 g/mol. The second-order valence-electron chi connectivity index (χ2n) is 17.4. The quantitative estimate of drug-likeness (QED) is 0.145. The second-order valence-corrected chi connectivity index (χ2v) is 17.4. The summed E-state index contributed by atoms with van der Waals surface area (Å²) in [6.45, 7) is 2.15. The number of piperidine rings is 2. The van der Waals surface area contributed by atoms with Crippen molar-refractivity contribution in [3.63, 3.8) is 0 Å². The van der Waals surface area contributed by atoms with Crippen molar-refractivity contribution in [2.24, 2.45) is 23.7 Å². The molecule has 6 aliphatic rings. The van der Waals surface area contributed by atoms with E-state index in [0.717, 1.165) is 53.3 Å². The number of amides is 4. The van der Waals surface area contributed by atoms with Gasteiger partial charge in [0.2, 0.25) is 11.8 Å². The van der Waals surface area contributed by atoms with Crippen molar-refractivity contribution in [2.45, 2.75) is 87.6 Å². The summed E-state index contributed by atoms with van der Waals surface area (Å²) in [5, 5.41) is 17.0. The van der Waals surface area contributed by atoms with Gasteiger partial charge in [-0.05, 0) is 110 Å². The highest BCUT2D eigenvalue weighted by Gasteiger charge is 2.58. The van der Waals surface area contributed by atoms with E-state index >= 15 is 0 Å².